The molecule has 0 unspecified atom stereocenters. The van der Waals surface area contributed by atoms with Crippen LogP contribution in [0.5, 0.6) is 11.5 Å². The Morgan fingerprint density at radius 3 is 2.59 bits per heavy atom. The molecule has 4 aromatic rings. The van der Waals surface area contributed by atoms with E-state index in [1.807, 2.05) is 43.3 Å². The normalized spacial score (nSPS) is 11.2. The molecule has 144 valence electrons. The quantitative estimate of drug-likeness (QED) is 0.526. The summed E-state index contributed by atoms with van der Waals surface area (Å²) in [5.74, 6) is 0.760. The molecule has 0 amide bonds. The molecule has 0 bridgehead atoms. The summed E-state index contributed by atoms with van der Waals surface area (Å²) in [7, 11) is 0. The molecule has 4 rings (SSSR count). The Kier molecular flexibility index (Phi) is 5.07. The van der Waals surface area contributed by atoms with Crippen molar-refractivity contribution < 1.29 is 9.84 Å². The Morgan fingerprint density at radius 2 is 1.79 bits per heavy atom. The first-order valence-electron chi connectivity index (χ1n) is 9.25. The number of fused-ring (bicyclic) bond motifs is 1. The zero-order valence-electron chi connectivity index (χ0n) is 15.8. The first-order chi connectivity index (χ1) is 14.2. The highest BCUT2D eigenvalue weighted by molar-refractivity contribution is 5.85. The van der Waals surface area contributed by atoms with Gasteiger partial charge >= 0.3 is 0 Å². The Hall–Kier alpha value is -3.93. The van der Waals surface area contributed by atoms with Gasteiger partial charge in [0.25, 0.3) is 5.56 Å². The van der Waals surface area contributed by atoms with Gasteiger partial charge in [0.1, 0.15) is 0 Å². The van der Waals surface area contributed by atoms with E-state index in [-0.39, 0.29) is 11.3 Å². The van der Waals surface area contributed by atoms with Crippen molar-refractivity contribution in [1.82, 2.24) is 9.66 Å². The van der Waals surface area contributed by atoms with Crippen molar-refractivity contribution in [2.45, 2.75) is 6.92 Å². The van der Waals surface area contributed by atoms with E-state index in [0.717, 1.165) is 5.56 Å². The molecule has 0 fully saturated rings. The van der Waals surface area contributed by atoms with Crippen LogP contribution in [0.3, 0.4) is 0 Å². The number of aromatic hydroxyl groups is 1. The minimum absolute atomic E-state index is 0.0267. The number of benzene rings is 3. The fraction of sp³-hybridized carbons (Fsp3) is 0.0870. The van der Waals surface area contributed by atoms with Crippen LogP contribution in [-0.2, 0) is 0 Å². The maximum absolute atomic E-state index is 13.1. The van der Waals surface area contributed by atoms with Crippen LogP contribution >= 0.6 is 0 Å². The monoisotopic (exact) mass is 385 g/mol. The summed E-state index contributed by atoms with van der Waals surface area (Å²) in [5.41, 5.74) is 1.52. The molecule has 0 aliphatic carbocycles. The van der Waals surface area contributed by atoms with Gasteiger partial charge in [0.05, 0.1) is 23.7 Å². The molecule has 0 radical (unpaired) electrons. The Bertz CT molecular complexity index is 1250. The fourth-order valence-corrected chi connectivity index (χ4v) is 3.04. The summed E-state index contributed by atoms with van der Waals surface area (Å²) in [5, 5.41) is 15.2. The van der Waals surface area contributed by atoms with Crippen molar-refractivity contribution in [2.24, 2.45) is 5.10 Å². The maximum atomic E-state index is 13.1. The molecule has 6 heteroatoms. The van der Waals surface area contributed by atoms with Gasteiger partial charge in [-0.1, -0.05) is 48.5 Å². The Labute approximate surface area is 167 Å². The molecule has 1 aromatic heterocycles. The van der Waals surface area contributed by atoms with Crippen LogP contribution in [0.4, 0.5) is 0 Å². The summed E-state index contributed by atoms with van der Waals surface area (Å²) in [6, 6.07) is 21.7. The molecular weight excluding hydrogens is 366 g/mol. The zero-order valence-corrected chi connectivity index (χ0v) is 15.8. The highest BCUT2D eigenvalue weighted by Crippen LogP contribution is 2.28. The first-order valence-corrected chi connectivity index (χ1v) is 9.25. The van der Waals surface area contributed by atoms with E-state index in [1.54, 1.807) is 36.4 Å². The number of hydrogen-bond acceptors (Lipinski definition) is 5. The number of aromatic nitrogens is 2. The largest absolute Gasteiger partial charge is 0.504 e. The van der Waals surface area contributed by atoms with Crippen LogP contribution in [0.25, 0.3) is 22.3 Å². The van der Waals surface area contributed by atoms with Gasteiger partial charge in [-0.3, -0.25) is 4.79 Å². The second-order valence-electron chi connectivity index (χ2n) is 6.31. The van der Waals surface area contributed by atoms with E-state index in [1.165, 1.54) is 10.9 Å². The molecule has 6 nitrogen and oxygen atoms in total. The van der Waals surface area contributed by atoms with Crippen molar-refractivity contribution in [3.8, 4) is 22.9 Å². The number of phenols is 1. The molecule has 1 heterocycles. The molecule has 29 heavy (non-hydrogen) atoms. The number of rotatable bonds is 5. The van der Waals surface area contributed by atoms with Gasteiger partial charge in [0.15, 0.2) is 17.3 Å². The van der Waals surface area contributed by atoms with Crippen molar-refractivity contribution in [3.05, 3.63) is 88.7 Å². The second-order valence-corrected chi connectivity index (χ2v) is 6.31. The minimum atomic E-state index is -0.286. The number of hydrogen-bond donors (Lipinski definition) is 1. The number of nitrogens with zero attached hydrogens (tertiary/aromatic N) is 3. The molecule has 0 aliphatic rings. The van der Waals surface area contributed by atoms with Gasteiger partial charge in [-0.2, -0.15) is 9.78 Å². The molecule has 0 aliphatic heterocycles. The molecule has 1 N–H and O–H groups in total. The van der Waals surface area contributed by atoms with Crippen LogP contribution in [0, 0.1) is 0 Å². The topological polar surface area (TPSA) is 76.7 Å². The van der Waals surface area contributed by atoms with Crippen molar-refractivity contribution in [3.63, 3.8) is 0 Å². The molecule has 0 spiro atoms. The van der Waals surface area contributed by atoms with E-state index in [2.05, 4.69) is 10.1 Å². The van der Waals surface area contributed by atoms with Crippen LogP contribution in [0.15, 0.2) is 82.7 Å². The zero-order chi connectivity index (χ0) is 20.2. The van der Waals surface area contributed by atoms with E-state index >= 15 is 0 Å². The van der Waals surface area contributed by atoms with Crippen LogP contribution in [-0.4, -0.2) is 27.6 Å². The lowest BCUT2D eigenvalue weighted by Crippen LogP contribution is -2.20. The fourth-order valence-electron chi connectivity index (χ4n) is 3.04. The lowest BCUT2D eigenvalue weighted by molar-refractivity contribution is 0.318. The van der Waals surface area contributed by atoms with Gasteiger partial charge in [-0.15, -0.1) is 0 Å². The lowest BCUT2D eigenvalue weighted by atomic mass is 10.2. The lowest BCUT2D eigenvalue weighted by Gasteiger charge is -2.10. The summed E-state index contributed by atoms with van der Waals surface area (Å²) < 4.78 is 6.67. The summed E-state index contributed by atoms with van der Waals surface area (Å²) in [6.45, 7) is 2.27. The smallest absolute Gasteiger partial charge is 0.282 e. The van der Waals surface area contributed by atoms with Gasteiger partial charge in [-0.05, 0) is 31.2 Å². The standard InChI is InChI=1S/C23H19N3O3/c1-2-29-20-14-8-11-17(21(20)27)15-24-26-22(16-9-4-3-5-10-16)25-19-13-7-6-12-18(19)23(26)28/h3-15,27H,2H2,1H3. The number of para-hydroxylation sites is 2. The third-order valence-corrected chi connectivity index (χ3v) is 4.43. The maximum Gasteiger partial charge on any atom is 0.282 e. The molecule has 0 saturated heterocycles. The Morgan fingerprint density at radius 1 is 1.03 bits per heavy atom. The predicted molar refractivity (Wildman–Crippen MR) is 114 cm³/mol. The van der Waals surface area contributed by atoms with Crippen molar-refractivity contribution in [2.75, 3.05) is 6.61 Å². The van der Waals surface area contributed by atoms with Gasteiger partial charge < -0.3 is 9.84 Å². The summed E-state index contributed by atoms with van der Waals surface area (Å²) >= 11 is 0. The molecule has 0 atom stereocenters. The van der Waals surface area contributed by atoms with Crippen LogP contribution in [0.1, 0.15) is 12.5 Å². The minimum Gasteiger partial charge on any atom is -0.504 e. The van der Waals surface area contributed by atoms with Crippen LogP contribution in [0.2, 0.25) is 0 Å². The predicted octanol–water partition coefficient (Wildman–Crippen LogP) is 4.05. The highest BCUT2D eigenvalue weighted by Gasteiger charge is 2.12. The second kappa shape index (κ2) is 7.98. The summed E-state index contributed by atoms with van der Waals surface area (Å²) in [4.78, 5) is 17.8. The van der Waals surface area contributed by atoms with E-state index in [9.17, 15) is 9.90 Å². The summed E-state index contributed by atoms with van der Waals surface area (Å²) in [6.07, 6.45) is 1.43. The van der Waals surface area contributed by atoms with Gasteiger partial charge in [0.2, 0.25) is 0 Å². The Balaban J connectivity index is 1.89. The number of ether oxygens (including phenoxy) is 1. The van der Waals surface area contributed by atoms with Crippen molar-refractivity contribution >= 4 is 17.1 Å². The molecule has 3 aromatic carbocycles. The molecular formula is C23H19N3O3. The number of phenolic OH excluding ortho intramolecular Hbond substituents is 1. The first kappa shape index (κ1) is 18.4. The van der Waals surface area contributed by atoms with Gasteiger partial charge in [-0.25, -0.2) is 4.98 Å². The van der Waals surface area contributed by atoms with E-state index in [0.29, 0.717) is 34.6 Å². The third kappa shape index (κ3) is 3.60. The van der Waals surface area contributed by atoms with Crippen LogP contribution < -0.4 is 10.3 Å². The van der Waals surface area contributed by atoms with Crippen molar-refractivity contribution in [1.29, 1.82) is 0 Å². The van der Waals surface area contributed by atoms with E-state index < -0.39 is 0 Å². The average Bonchev–Trinajstić information content (AvgIpc) is 2.76. The van der Waals surface area contributed by atoms with Gasteiger partial charge in [0, 0.05) is 11.1 Å². The SMILES string of the molecule is CCOc1cccc(C=Nn2c(-c3ccccc3)nc3ccccc3c2=O)c1O. The molecule has 0 saturated carbocycles. The van der Waals surface area contributed by atoms with E-state index in [4.69, 9.17) is 4.74 Å². The highest BCUT2D eigenvalue weighted by atomic mass is 16.5. The third-order valence-electron chi connectivity index (χ3n) is 4.43. The average molecular weight is 385 g/mol.